The second-order valence-electron chi connectivity index (χ2n) is 5.31. The Labute approximate surface area is 119 Å². The molecule has 0 aromatic rings. The van der Waals surface area contributed by atoms with E-state index in [2.05, 4.69) is 13.8 Å². The fourth-order valence-corrected chi connectivity index (χ4v) is 2.67. The Hall–Kier alpha value is -0.130. The van der Waals surface area contributed by atoms with Crippen molar-refractivity contribution in [3.05, 3.63) is 0 Å². The molecule has 0 bridgehead atoms. The van der Waals surface area contributed by atoms with Crippen molar-refractivity contribution in [3.8, 4) is 0 Å². The number of ether oxygens (including phenoxy) is 1. The van der Waals surface area contributed by atoms with Crippen LogP contribution < -0.4 is 5.14 Å². The summed E-state index contributed by atoms with van der Waals surface area (Å²) in [6, 6.07) is 0. The first-order valence-electron chi connectivity index (χ1n) is 7.57. The Morgan fingerprint density at radius 2 is 1.53 bits per heavy atom. The molecular formula is C14H31NO3S. The summed E-state index contributed by atoms with van der Waals surface area (Å²) in [5.41, 5.74) is 0. The molecule has 0 radical (unpaired) electrons. The number of sulfonamides is 1. The summed E-state index contributed by atoms with van der Waals surface area (Å²) >= 11 is 0. The molecule has 4 nitrogen and oxygen atoms in total. The van der Waals surface area contributed by atoms with Crippen molar-refractivity contribution in [2.24, 2.45) is 5.14 Å². The van der Waals surface area contributed by atoms with E-state index in [0.29, 0.717) is 12.5 Å². The van der Waals surface area contributed by atoms with E-state index in [1.165, 1.54) is 25.7 Å². The van der Waals surface area contributed by atoms with Gasteiger partial charge in [-0.25, -0.2) is 13.6 Å². The quantitative estimate of drug-likeness (QED) is 0.530. The average molecular weight is 293 g/mol. The average Bonchev–Trinajstić information content (AvgIpc) is 2.30. The number of hydrogen-bond acceptors (Lipinski definition) is 3. The zero-order valence-corrected chi connectivity index (χ0v) is 13.4. The molecule has 0 saturated carbocycles. The van der Waals surface area contributed by atoms with Crippen molar-refractivity contribution >= 4 is 10.0 Å². The normalized spacial score (nSPS) is 13.6. The van der Waals surface area contributed by atoms with Gasteiger partial charge in [0, 0.05) is 6.61 Å². The van der Waals surface area contributed by atoms with E-state index in [0.717, 1.165) is 32.3 Å². The van der Waals surface area contributed by atoms with Gasteiger partial charge in [0.1, 0.15) is 0 Å². The van der Waals surface area contributed by atoms with Gasteiger partial charge in [0.05, 0.1) is 11.9 Å². The molecule has 0 aromatic heterocycles. The highest BCUT2D eigenvalue weighted by Crippen LogP contribution is 2.09. The number of unbranched alkanes of at least 4 members (excludes halogenated alkanes) is 6. The molecule has 0 aliphatic carbocycles. The zero-order valence-electron chi connectivity index (χ0n) is 12.6. The van der Waals surface area contributed by atoms with Crippen LogP contribution in [0.1, 0.15) is 71.6 Å². The predicted octanol–water partition coefficient (Wildman–Crippen LogP) is 3.21. The third-order valence-electron chi connectivity index (χ3n) is 3.17. The third-order valence-corrected chi connectivity index (χ3v) is 4.03. The van der Waals surface area contributed by atoms with Crippen molar-refractivity contribution in [2.75, 3.05) is 12.4 Å². The van der Waals surface area contributed by atoms with Crippen LogP contribution in [-0.2, 0) is 14.8 Å². The van der Waals surface area contributed by atoms with Gasteiger partial charge in [0.25, 0.3) is 0 Å². The van der Waals surface area contributed by atoms with Gasteiger partial charge in [0.2, 0.25) is 10.0 Å². The fourth-order valence-electron chi connectivity index (χ4n) is 2.06. The summed E-state index contributed by atoms with van der Waals surface area (Å²) in [4.78, 5) is 0. The lowest BCUT2D eigenvalue weighted by atomic mass is 10.1. The van der Waals surface area contributed by atoms with Crippen LogP contribution in [0.5, 0.6) is 0 Å². The minimum Gasteiger partial charge on any atom is -0.379 e. The molecule has 0 heterocycles. The summed E-state index contributed by atoms with van der Waals surface area (Å²) in [5, 5.41) is 4.94. The third kappa shape index (κ3) is 15.8. The van der Waals surface area contributed by atoms with Gasteiger partial charge >= 0.3 is 0 Å². The summed E-state index contributed by atoms with van der Waals surface area (Å²) < 4.78 is 27.1. The van der Waals surface area contributed by atoms with Gasteiger partial charge in [-0.1, -0.05) is 45.4 Å². The lowest BCUT2D eigenvalue weighted by molar-refractivity contribution is 0.0570. The van der Waals surface area contributed by atoms with Gasteiger partial charge in [0.15, 0.2) is 0 Å². The van der Waals surface area contributed by atoms with Gasteiger partial charge in [-0.05, 0) is 26.2 Å². The van der Waals surface area contributed by atoms with Crippen LogP contribution in [0.2, 0.25) is 0 Å². The van der Waals surface area contributed by atoms with E-state index in [1.807, 2.05) is 0 Å². The predicted molar refractivity (Wildman–Crippen MR) is 80.6 cm³/mol. The van der Waals surface area contributed by atoms with Crippen molar-refractivity contribution in [2.45, 2.75) is 77.7 Å². The molecule has 0 amide bonds. The monoisotopic (exact) mass is 293 g/mol. The molecule has 0 saturated heterocycles. The van der Waals surface area contributed by atoms with E-state index in [9.17, 15) is 8.42 Å². The number of nitrogens with two attached hydrogens (primary N) is 1. The highest BCUT2D eigenvalue weighted by molar-refractivity contribution is 7.89. The molecule has 1 atom stereocenters. The van der Waals surface area contributed by atoms with E-state index in [1.54, 1.807) is 0 Å². The van der Waals surface area contributed by atoms with Crippen molar-refractivity contribution in [1.29, 1.82) is 0 Å². The first kappa shape index (κ1) is 18.9. The molecule has 0 aromatic carbocycles. The maximum atomic E-state index is 10.7. The van der Waals surface area contributed by atoms with Crippen molar-refractivity contribution in [3.63, 3.8) is 0 Å². The van der Waals surface area contributed by atoms with E-state index >= 15 is 0 Å². The van der Waals surface area contributed by atoms with Crippen LogP contribution in [0.15, 0.2) is 0 Å². The number of primary sulfonamides is 1. The summed E-state index contributed by atoms with van der Waals surface area (Å²) in [6.07, 6.45) is 10.2. The molecule has 19 heavy (non-hydrogen) atoms. The Morgan fingerprint density at radius 3 is 2.05 bits per heavy atom. The maximum Gasteiger partial charge on any atom is 0.209 e. The molecule has 0 spiro atoms. The van der Waals surface area contributed by atoms with Crippen molar-refractivity contribution in [1.82, 2.24) is 0 Å². The van der Waals surface area contributed by atoms with E-state index in [4.69, 9.17) is 9.88 Å². The molecule has 0 fully saturated rings. The van der Waals surface area contributed by atoms with E-state index in [-0.39, 0.29) is 5.75 Å². The Kier molecular flexibility index (Phi) is 11.6. The Balaban J connectivity index is 3.15. The molecule has 0 rings (SSSR count). The number of hydrogen-bond donors (Lipinski definition) is 1. The van der Waals surface area contributed by atoms with Crippen LogP contribution in [0, 0.1) is 0 Å². The smallest absolute Gasteiger partial charge is 0.209 e. The topological polar surface area (TPSA) is 69.4 Å². The molecule has 116 valence electrons. The summed E-state index contributed by atoms with van der Waals surface area (Å²) in [6.45, 7) is 5.18. The van der Waals surface area contributed by atoms with Gasteiger partial charge in [-0.15, -0.1) is 0 Å². The van der Waals surface area contributed by atoms with Gasteiger partial charge < -0.3 is 4.74 Å². The van der Waals surface area contributed by atoms with Gasteiger partial charge in [-0.2, -0.15) is 0 Å². The van der Waals surface area contributed by atoms with Crippen LogP contribution in [0.25, 0.3) is 0 Å². The SMILES string of the molecule is CCCC(C)OCCCCCCCCCS(N)(=O)=O. The fraction of sp³-hybridized carbons (Fsp3) is 1.00. The number of rotatable bonds is 13. The van der Waals surface area contributed by atoms with Crippen LogP contribution >= 0.6 is 0 Å². The molecule has 5 heteroatoms. The molecule has 2 N–H and O–H groups in total. The molecule has 0 aliphatic heterocycles. The summed E-state index contributed by atoms with van der Waals surface area (Å²) in [5.74, 6) is 0.121. The maximum absolute atomic E-state index is 10.7. The highest BCUT2D eigenvalue weighted by atomic mass is 32.2. The standard InChI is InChI=1S/C14H31NO3S/c1-3-11-14(2)18-12-9-7-5-4-6-8-10-13-19(15,16)17/h14H,3-13H2,1-2H3,(H2,15,16,17). The largest absolute Gasteiger partial charge is 0.379 e. The lowest BCUT2D eigenvalue weighted by Gasteiger charge is -2.11. The highest BCUT2D eigenvalue weighted by Gasteiger charge is 2.02. The van der Waals surface area contributed by atoms with E-state index < -0.39 is 10.0 Å². The zero-order chi connectivity index (χ0) is 14.6. The minimum atomic E-state index is -3.26. The first-order chi connectivity index (χ1) is 8.95. The second-order valence-corrected chi connectivity index (χ2v) is 7.05. The van der Waals surface area contributed by atoms with Gasteiger partial charge in [-0.3, -0.25) is 0 Å². The molecule has 1 unspecified atom stereocenters. The first-order valence-corrected chi connectivity index (χ1v) is 9.29. The lowest BCUT2D eigenvalue weighted by Crippen LogP contribution is -2.16. The minimum absolute atomic E-state index is 0.121. The van der Waals surface area contributed by atoms with Crippen LogP contribution in [0.3, 0.4) is 0 Å². The van der Waals surface area contributed by atoms with Crippen LogP contribution in [-0.4, -0.2) is 26.9 Å². The Bertz CT molecular complexity index is 291. The second kappa shape index (κ2) is 11.7. The summed E-state index contributed by atoms with van der Waals surface area (Å²) in [7, 11) is -3.26. The molecular weight excluding hydrogens is 262 g/mol. The Morgan fingerprint density at radius 1 is 1.00 bits per heavy atom. The molecule has 0 aliphatic rings. The van der Waals surface area contributed by atoms with Crippen LogP contribution in [0.4, 0.5) is 0 Å². The van der Waals surface area contributed by atoms with Crippen molar-refractivity contribution < 1.29 is 13.2 Å².